The van der Waals surface area contributed by atoms with Crippen molar-refractivity contribution in [3.05, 3.63) is 84.3 Å². The first-order chi connectivity index (χ1) is 14.8. The van der Waals surface area contributed by atoms with Gasteiger partial charge in [-0.1, -0.05) is 30.3 Å². The fourth-order valence-corrected chi connectivity index (χ4v) is 3.72. The molecule has 0 aliphatic rings. The molecule has 0 aliphatic heterocycles. The van der Waals surface area contributed by atoms with E-state index >= 15 is 0 Å². The molecule has 148 valence electrons. The summed E-state index contributed by atoms with van der Waals surface area (Å²) in [6.07, 6.45) is 4.53. The van der Waals surface area contributed by atoms with Crippen LogP contribution in [0.2, 0.25) is 0 Å². The molecule has 3 aromatic heterocycles. The monoisotopic (exact) mass is 395 g/mol. The molecule has 3 heterocycles. The lowest BCUT2D eigenvalue weighted by molar-refractivity contribution is 0.415. The third-order valence-electron chi connectivity index (χ3n) is 5.28. The number of hydrogen-bond acceptors (Lipinski definition) is 5. The van der Waals surface area contributed by atoms with Crippen molar-refractivity contribution in [3.63, 3.8) is 0 Å². The molecule has 6 heteroatoms. The Balaban J connectivity index is 1.36. The van der Waals surface area contributed by atoms with Gasteiger partial charge in [0.25, 0.3) is 0 Å². The van der Waals surface area contributed by atoms with E-state index in [1.807, 2.05) is 53.2 Å². The predicted molar refractivity (Wildman–Crippen MR) is 117 cm³/mol. The number of nitrogens with zero attached hydrogens (tertiary/aromatic N) is 5. The molecule has 0 bridgehead atoms. The van der Waals surface area contributed by atoms with Crippen molar-refractivity contribution in [3.8, 4) is 17.0 Å². The predicted octanol–water partition coefficient (Wildman–Crippen LogP) is 4.52. The van der Waals surface area contributed by atoms with Crippen LogP contribution in [0.1, 0.15) is 17.8 Å². The van der Waals surface area contributed by atoms with Crippen LogP contribution in [-0.4, -0.2) is 31.9 Å². The van der Waals surface area contributed by atoms with Crippen LogP contribution in [0.3, 0.4) is 0 Å². The fraction of sp³-hybridized carbons (Fsp3) is 0.167. The number of methoxy groups -OCH3 is 1. The van der Waals surface area contributed by atoms with Gasteiger partial charge in [0, 0.05) is 29.6 Å². The van der Waals surface area contributed by atoms with E-state index in [-0.39, 0.29) is 0 Å². The molecule has 0 amide bonds. The zero-order valence-electron chi connectivity index (χ0n) is 16.7. The molecule has 30 heavy (non-hydrogen) atoms. The second kappa shape index (κ2) is 7.91. The van der Waals surface area contributed by atoms with Crippen LogP contribution in [0.4, 0.5) is 0 Å². The summed E-state index contributed by atoms with van der Waals surface area (Å²) in [4.78, 5) is 4.47. The fourth-order valence-electron chi connectivity index (χ4n) is 3.72. The van der Waals surface area contributed by atoms with Crippen molar-refractivity contribution in [1.29, 1.82) is 0 Å². The van der Waals surface area contributed by atoms with Gasteiger partial charge >= 0.3 is 0 Å². The Hall–Kier alpha value is -3.80. The molecule has 0 spiro atoms. The maximum Gasteiger partial charge on any atom is 0.177 e. The second-order valence-electron chi connectivity index (χ2n) is 7.18. The van der Waals surface area contributed by atoms with Gasteiger partial charge in [-0.15, -0.1) is 10.2 Å². The number of benzene rings is 2. The minimum atomic E-state index is 0.770. The molecule has 0 aliphatic carbocycles. The first-order valence-electron chi connectivity index (χ1n) is 10.0. The molecule has 0 radical (unpaired) electrons. The number of pyridine rings is 1. The zero-order valence-corrected chi connectivity index (χ0v) is 16.7. The largest absolute Gasteiger partial charge is 0.497 e. The highest BCUT2D eigenvalue weighted by Crippen LogP contribution is 2.23. The van der Waals surface area contributed by atoms with Gasteiger partial charge in [0.1, 0.15) is 5.75 Å². The Labute approximate surface area is 174 Å². The van der Waals surface area contributed by atoms with E-state index in [1.165, 1.54) is 5.56 Å². The van der Waals surface area contributed by atoms with Crippen LogP contribution in [-0.2, 0) is 12.8 Å². The van der Waals surface area contributed by atoms with Crippen molar-refractivity contribution in [2.45, 2.75) is 19.3 Å². The summed E-state index contributed by atoms with van der Waals surface area (Å²) in [5, 5.41) is 14.6. The molecular formula is C24H21N5O. The molecule has 2 aromatic carbocycles. The number of fused-ring (bicyclic) bond motifs is 2. The molecule has 0 N–H and O–H groups in total. The molecule has 5 rings (SSSR count). The van der Waals surface area contributed by atoms with Crippen molar-refractivity contribution in [2.24, 2.45) is 0 Å². The second-order valence-corrected chi connectivity index (χ2v) is 7.18. The Morgan fingerprint density at radius 3 is 2.67 bits per heavy atom. The number of hydrogen-bond donors (Lipinski definition) is 0. The highest BCUT2D eigenvalue weighted by Gasteiger charge is 2.10. The summed E-state index contributed by atoms with van der Waals surface area (Å²) in [5.74, 6) is 1.70. The van der Waals surface area contributed by atoms with Gasteiger partial charge in [0.15, 0.2) is 11.5 Å². The minimum Gasteiger partial charge on any atom is -0.497 e. The van der Waals surface area contributed by atoms with Gasteiger partial charge < -0.3 is 4.74 Å². The number of aromatic nitrogens is 5. The smallest absolute Gasteiger partial charge is 0.177 e. The lowest BCUT2D eigenvalue weighted by Gasteiger charge is -2.07. The molecule has 0 saturated carbocycles. The van der Waals surface area contributed by atoms with Crippen molar-refractivity contribution in [1.82, 2.24) is 24.8 Å². The van der Waals surface area contributed by atoms with Crippen LogP contribution in [0, 0.1) is 0 Å². The summed E-state index contributed by atoms with van der Waals surface area (Å²) < 4.78 is 7.17. The van der Waals surface area contributed by atoms with Gasteiger partial charge in [-0.25, -0.2) is 0 Å². The van der Waals surface area contributed by atoms with Gasteiger partial charge in [0.2, 0.25) is 0 Å². The van der Waals surface area contributed by atoms with E-state index in [0.717, 1.165) is 58.6 Å². The van der Waals surface area contributed by atoms with Gasteiger partial charge in [-0.3, -0.25) is 4.98 Å². The van der Waals surface area contributed by atoms with Crippen LogP contribution in [0.5, 0.6) is 5.75 Å². The Bertz CT molecular complexity index is 1310. The number of rotatable bonds is 6. The minimum absolute atomic E-state index is 0.770. The van der Waals surface area contributed by atoms with Crippen molar-refractivity contribution >= 4 is 16.6 Å². The molecule has 0 atom stereocenters. The number of ether oxygens (including phenoxy) is 1. The Morgan fingerprint density at radius 2 is 1.80 bits per heavy atom. The summed E-state index contributed by atoms with van der Waals surface area (Å²) in [6, 6.07) is 22.2. The Kier molecular flexibility index (Phi) is 4.81. The molecular weight excluding hydrogens is 374 g/mol. The van der Waals surface area contributed by atoms with E-state index in [9.17, 15) is 0 Å². The van der Waals surface area contributed by atoms with Crippen LogP contribution >= 0.6 is 0 Å². The van der Waals surface area contributed by atoms with E-state index in [2.05, 4.69) is 39.4 Å². The quantitative estimate of drug-likeness (QED) is 0.423. The van der Waals surface area contributed by atoms with Crippen LogP contribution in [0.25, 0.3) is 27.8 Å². The molecule has 5 aromatic rings. The average Bonchev–Trinajstić information content (AvgIpc) is 3.21. The summed E-state index contributed by atoms with van der Waals surface area (Å²) >= 11 is 0. The lowest BCUT2D eigenvalue weighted by atomic mass is 10.0. The SMILES string of the molecule is COc1ccc2c(CCCc3nnc4ccc(-c5ccccc5)nn34)ccnc2c1. The van der Waals surface area contributed by atoms with E-state index in [0.29, 0.717) is 0 Å². The molecule has 0 unspecified atom stereocenters. The summed E-state index contributed by atoms with van der Waals surface area (Å²) in [5.41, 5.74) is 4.99. The van der Waals surface area contributed by atoms with Gasteiger partial charge in [0.05, 0.1) is 18.3 Å². The first kappa shape index (κ1) is 18.2. The molecule has 0 saturated heterocycles. The van der Waals surface area contributed by atoms with Crippen molar-refractivity contribution in [2.75, 3.05) is 7.11 Å². The lowest BCUT2D eigenvalue weighted by Crippen LogP contribution is -2.01. The average molecular weight is 395 g/mol. The number of aryl methyl sites for hydroxylation is 2. The van der Waals surface area contributed by atoms with Gasteiger partial charge in [-0.2, -0.15) is 9.61 Å². The summed E-state index contributed by atoms with van der Waals surface area (Å²) in [6.45, 7) is 0. The maximum absolute atomic E-state index is 5.31. The zero-order chi connectivity index (χ0) is 20.3. The highest BCUT2D eigenvalue weighted by molar-refractivity contribution is 5.83. The van der Waals surface area contributed by atoms with E-state index in [4.69, 9.17) is 9.84 Å². The topological polar surface area (TPSA) is 65.2 Å². The summed E-state index contributed by atoms with van der Waals surface area (Å²) in [7, 11) is 1.67. The maximum atomic E-state index is 5.31. The van der Waals surface area contributed by atoms with Crippen LogP contribution < -0.4 is 4.74 Å². The van der Waals surface area contributed by atoms with E-state index < -0.39 is 0 Å². The molecule has 0 fully saturated rings. The van der Waals surface area contributed by atoms with Crippen LogP contribution in [0.15, 0.2) is 72.9 Å². The normalized spacial score (nSPS) is 11.2. The van der Waals surface area contributed by atoms with Gasteiger partial charge in [-0.05, 0) is 48.7 Å². The standard InChI is InChI=1S/C24H21N5O/c1-30-19-10-11-20-17(14-15-25-22(20)16-19)8-5-9-23-26-27-24-13-12-21(28-29(23)24)18-6-3-2-4-7-18/h2-4,6-7,10-16H,5,8-9H2,1H3. The third-order valence-corrected chi connectivity index (χ3v) is 5.28. The molecule has 6 nitrogen and oxygen atoms in total. The first-order valence-corrected chi connectivity index (χ1v) is 10.0. The van der Waals surface area contributed by atoms with Crippen molar-refractivity contribution < 1.29 is 4.74 Å². The third kappa shape index (κ3) is 3.48. The highest BCUT2D eigenvalue weighted by atomic mass is 16.5. The Morgan fingerprint density at radius 1 is 0.900 bits per heavy atom. The van der Waals surface area contributed by atoms with E-state index in [1.54, 1.807) is 7.11 Å².